The quantitative estimate of drug-likeness (QED) is 0.513. The first-order chi connectivity index (χ1) is 16.5. The molecule has 1 atom stereocenters. The van der Waals surface area contributed by atoms with E-state index in [2.05, 4.69) is 5.32 Å². The van der Waals surface area contributed by atoms with Crippen molar-refractivity contribution in [3.05, 3.63) is 53.1 Å². The van der Waals surface area contributed by atoms with Crippen LogP contribution in [-0.4, -0.2) is 57.3 Å². The number of amides is 2. The highest BCUT2D eigenvalue weighted by atomic mass is 35.5. The van der Waals surface area contributed by atoms with Gasteiger partial charge in [-0.25, -0.2) is 8.42 Å². The van der Waals surface area contributed by atoms with Crippen LogP contribution in [0.4, 0.5) is 5.69 Å². The molecule has 0 aromatic heterocycles. The normalized spacial score (nSPS) is 13.4. The number of benzene rings is 2. The summed E-state index contributed by atoms with van der Waals surface area (Å²) in [5, 5.41) is 3.27. The number of fused-ring (bicyclic) bond motifs is 1. The summed E-state index contributed by atoms with van der Waals surface area (Å²) in [5.41, 5.74) is 0.889. The van der Waals surface area contributed by atoms with Crippen LogP contribution < -0.4 is 19.1 Å². The summed E-state index contributed by atoms with van der Waals surface area (Å²) >= 11 is 6.32. The second kappa shape index (κ2) is 11.2. The minimum Gasteiger partial charge on any atom is -0.454 e. The van der Waals surface area contributed by atoms with Crippen molar-refractivity contribution in [3.63, 3.8) is 0 Å². The molecule has 1 aliphatic rings. The maximum Gasteiger partial charge on any atom is 0.244 e. The Bertz CT molecular complexity index is 1190. The van der Waals surface area contributed by atoms with Crippen LogP contribution in [0.5, 0.6) is 11.5 Å². The van der Waals surface area contributed by atoms with Crippen LogP contribution >= 0.6 is 11.6 Å². The van der Waals surface area contributed by atoms with E-state index in [0.717, 1.165) is 10.6 Å². The van der Waals surface area contributed by atoms with Gasteiger partial charge in [0.15, 0.2) is 11.5 Å². The molecule has 0 radical (unpaired) electrons. The van der Waals surface area contributed by atoms with Gasteiger partial charge in [-0.15, -0.1) is 0 Å². The van der Waals surface area contributed by atoms with Crippen molar-refractivity contribution in [2.24, 2.45) is 5.92 Å². The Morgan fingerprint density at radius 2 is 1.77 bits per heavy atom. The second-order valence-electron chi connectivity index (χ2n) is 8.74. The van der Waals surface area contributed by atoms with E-state index in [1.165, 1.54) is 11.0 Å². The molecule has 190 valence electrons. The van der Waals surface area contributed by atoms with Crippen LogP contribution in [0.2, 0.25) is 5.02 Å². The lowest BCUT2D eigenvalue weighted by molar-refractivity contribution is -0.139. The van der Waals surface area contributed by atoms with Crippen molar-refractivity contribution in [1.29, 1.82) is 0 Å². The van der Waals surface area contributed by atoms with Crippen LogP contribution in [0.25, 0.3) is 0 Å². The Balaban J connectivity index is 1.90. The van der Waals surface area contributed by atoms with Gasteiger partial charge in [0.25, 0.3) is 0 Å². The minimum atomic E-state index is -3.85. The molecule has 1 heterocycles. The zero-order valence-corrected chi connectivity index (χ0v) is 21.7. The molecule has 35 heavy (non-hydrogen) atoms. The lowest BCUT2D eigenvalue weighted by Crippen LogP contribution is -2.51. The van der Waals surface area contributed by atoms with Gasteiger partial charge in [-0.2, -0.15) is 0 Å². The van der Waals surface area contributed by atoms with Gasteiger partial charge in [0.1, 0.15) is 12.6 Å². The molecule has 0 spiro atoms. The topological polar surface area (TPSA) is 105 Å². The molecule has 0 fully saturated rings. The van der Waals surface area contributed by atoms with Crippen LogP contribution in [0.3, 0.4) is 0 Å². The number of ether oxygens (including phenoxy) is 2. The van der Waals surface area contributed by atoms with Crippen molar-refractivity contribution < 1.29 is 27.5 Å². The number of nitrogens with zero attached hydrogens (tertiary/aromatic N) is 2. The van der Waals surface area contributed by atoms with Gasteiger partial charge in [0.2, 0.25) is 28.6 Å². The predicted molar refractivity (Wildman–Crippen MR) is 134 cm³/mol. The first-order valence-corrected chi connectivity index (χ1v) is 13.4. The van der Waals surface area contributed by atoms with E-state index < -0.39 is 28.5 Å². The Labute approximate surface area is 211 Å². The lowest BCUT2D eigenvalue weighted by Gasteiger charge is -2.31. The predicted octanol–water partition coefficient (Wildman–Crippen LogP) is 3.02. The molecule has 2 amide bonds. The van der Waals surface area contributed by atoms with E-state index in [0.29, 0.717) is 28.6 Å². The molecule has 2 aromatic rings. The standard InChI is InChI=1S/C24H30ClN3O6S/c1-16(2)12-26-24(30)17(3)27(13-18-7-5-6-8-20(18)25)23(29)14-28(35(4,31)32)19-9-10-21-22(11-19)34-15-33-21/h5-11,16-17H,12-15H2,1-4H3,(H,26,30). The van der Waals surface area contributed by atoms with E-state index in [4.69, 9.17) is 21.1 Å². The number of carbonyl (C=O) groups is 2. The van der Waals surface area contributed by atoms with E-state index in [-0.39, 0.29) is 30.9 Å². The number of halogens is 1. The second-order valence-corrected chi connectivity index (χ2v) is 11.0. The third-order valence-corrected chi connectivity index (χ3v) is 6.98. The van der Waals surface area contributed by atoms with Gasteiger partial charge >= 0.3 is 0 Å². The number of hydrogen-bond acceptors (Lipinski definition) is 6. The number of nitrogens with one attached hydrogen (secondary N) is 1. The molecule has 0 saturated heterocycles. The van der Waals surface area contributed by atoms with Crippen molar-refractivity contribution in [2.45, 2.75) is 33.4 Å². The first kappa shape index (κ1) is 26.6. The van der Waals surface area contributed by atoms with Crippen molar-refractivity contribution in [3.8, 4) is 11.5 Å². The zero-order valence-electron chi connectivity index (χ0n) is 20.2. The molecule has 11 heteroatoms. The van der Waals surface area contributed by atoms with E-state index >= 15 is 0 Å². The molecule has 0 bridgehead atoms. The number of rotatable bonds is 10. The third-order valence-electron chi connectivity index (χ3n) is 5.47. The summed E-state index contributed by atoms with van der Waals surface area (Å²) < 4.78 is 37.0. The third kappa shape index (κ3) is 6.79. The summed E-state index contributed by atoms with van der Waals surface area (Å²) in [4.78, 5) is 27.7. The van der Waals surface area contributed by atoms with Crippen LogP contribution in [0.15, 0.2) is 42.5 Å². The highest BCUT2D eigenvalue weighted by molar-refractivity contribution is 7.92. The molecule has 9 nitrogen and oxygen atoms in total. The van der Waals surface area contributed by atoms with E-state index in [1.807, 2.05) is 13.8 Å². The molecular weight excluding hydrogens is 494 g/mol. The summed E-state index contributed by atoms with van der Waals surface area (Å²) in [5.74, 6) is 0.209. The molecule has 1 unspecified atom stereocenters. The molecule has 0 aliphatic carbocycles. The zero-order chi connectivity index (χ0) is 25.8. The molecule has 1 N–H and O–H groups in total. The Morgan fingerprint density at radius 1 is 1.09 bits per heavy atom. The van der Waals surface area contributed by atoms with Crippen molar-refractivity contribution in [2.75, 3.05) is 30.4 Å². The Hall–Kier alpha value is -2.98. The number of anilines is 1. The summed E-state index contributed by atoms with van der Waals surface area (Å²) in [7, 11) is -3.85. The van der Waals surface area contributed by atoms with Crippen LogP contribution in [0.1, 0.15) is 26.3 Å². The number of carbonyl (C=O) groups excluding carboxylic acids is 2. The fourth-order valence-electron chi connectivity index (χ4n) is 3.50. The minimum absolute atomic E-state index is 0.0329. The Morgan fingerprint density at radius 3 is 2.43 bits per heavy atom. The maximum atomic E-state index is 13.5. The van der Waals surface area contributed by atoms with Gasteiger partial charge in [0, 0.05) is 24.2 Å². The summed E-state index contributed by atoms with van der Waals surface area (Å²) in [6, 6.07) is 10.8. The van der Waals surface area contributed by atoms with Crippen LogP contribution in [-0.2, 0) is 26.2 Å². The molecule has 0 saturated carbocycles. The van der Waals surface area contributed by atoms with Crippen LogP contribution in [0, 0.1) is 5.92 Å². The summed E-state index contributed by atoms with van der Waals surface area (Å²) in [6.07, 6.45) is 1.02. The van der Waals surface area contributed by atoms with Gasteiger partial charge in [-0.3, -0.25) is 13.9 Å². The Kier molecular flexibility index (Phi) is 8.50. The van der Waals surface area contributed by atoms with E-state index in [9.17, 15) is 18.0 Å². The van der Waals surface area contributed by atoms with Gasteiger partial charge < -0.3 is 19.7 Å². The molecule has 1 aliphatic heterocycles. The van der Waals surface area contributed by atoms with Gasteiger partial charge in [-0.1, -0.05) is 43.6 Å². The van der Waals surface area contributed by atoms with Gasteiger partial charge in [0.05, 0.1) is 11.9 Å². The number of sulfonamides is 1. The fraction of sp³-hybridized carbons (Fsp3) is 0.417. The average molecular weight is 524 g/mol. The highest BCUT2D eigenvalue weighted by Crippen LogP contribution is 2.36. The molecule has 2 aromatic carbocycles. The SMILES string of the molecule is CC(C)CNC(=O)C(C)N(Cc1ccccc1Cl)C(=O)CN(c1ccc2c(c1)OCO2)S(C)(=O)=O. The highest BCUT2D eigenvalue weighted by Gasteiger charge is 2.31. The largest absolute Gasteiger partial charge is 0.454 e. The smallest absolute Gasteiger partial charge is 0.244 e. The average Bonchev–Trinajstić information content (AvgIpc) is 3.27. The van der Waals surface area contributed by atoms with Crippen molar-refractivity contribution in [1.82, 2.24) is 10.2 Å². The van der Waals surface area contributed by atoms with Crippen molar-refractivity contribution >= 4 is 39.1 Å². The molecule has 3 rings (SSSR count). The van der Waals surface area contributed by atoms with Gasteiger partial charge in [-0.05, 0) is 36.6 Å². The lowest BCUT2D eigenvalue weighted by atomic mass is 10.1. The molecular formula is C24H30ClN3O6S. The monoisotopic (exact) mass is 523 g/mol. The van der Waals surface area contributed by atoms with E-state index in [1.54, 1.807) is 43.3 Å². The fourth-order valence-corrected chi connectivity index (χ4v) is 4.54. The number of hydrogen-bond donors (Lipinski definition) is 1. The first-order valence-electron chi connectivity index (χ1n) is 11.1. The summed E-state index contributed by atoms with van der Waals surface area (Å²) in [6.45, 7) is 5.54. The maximum absolute atomic E-state index is 13.5.